The Morgan fingerprint density at radius 2 is 1.95 bits per heavy atom. The fourth-order valence-electron chi connectivity index (χ4n) is 2.82. The standard InChI is InChI=1S/C14H22N2O4/c1-20-14(19)11-9-16(10-12(11)17)13(18)5-8-15-6-3-2-4-7-15/h11H,2-10H2,1H3. The van der Waals surface area contributed by atoms with Gasteiger partial charge in [-0.05, 0) is 25.9 Å². The van der Waals surface area contributed by atoms with Crippen LogP contribution in [0.2, 0.25) is 0 Å². The number of methoxy groups -OCH3 is 1. The fraction of sp³-hybridized carbons (Fsp3) is 0.786. The third-order valence-electron chi connectivity index (χ3n) is 4.07. The highest BCUT2D eigenvalue weighted by molar-refractivity contribution is 6.03. The second kappa shape index (κ2) is 6.83. The lowest BCUT2D eigenvalue weighted by Crippen LogP contribution is -2.36. The maximum absolute atomic E-state index is 12.1. The van der Waals surface area contributed by atoms with E-state index in [1.165, 1.54) is 31.3 Å². The van der Waals surface area contributed by atoms with Crippen molar-refractivity contribution in [2.75, 3.05) is 39.8 Å². The van der Waals surface area contributed by atoms with Gasteiger partial charge in [-0.25, -0.2) is 0 Å². The molecular weight excluding hydrogens is 260 g/mol. The molecule has 0 radical (unpaired) electrons. The molecule has 0 N–H and O–H groups in total. The molecule has 0 bridgehead atoms. The van der Waals surface area contributed by atoms with E-state index in [0.29, 0.717) is 6.42 Å². The molecule has 0 aromatic heterocycles. The van der Waals surface area contributed by atoms with E-state index >= 15 is 0 Å². The molecule has 1 atom stereocenters. The highest BCUT2D eigenvalue weighted by Gasteiger charge is 2.38. The SMILES string of the molecule is COC(=O)C1CN(C(=O)CCN2CCCCC2)CC1=O. The summed E-state index contributed by atoms with van der Waals surface area (Å²) in [6, 6.07) is 0. The number of carbonyl (C=O) groups is 3. The molecule has 20 heavy (non-hydrogen) atoms. The molecular formula is C14H22N2O4. The summed E-state index contributed by atoms with van der Waals surface area (Å²) in [4.78, 5) is 39.0. The van der Waals surface area contributed by atoms with Crippen molar-refractivity contribution < 1.29 is 19.1 Å². The number of amides is 1. The van der Waals surface area contributed by atoms with Crippen LogP contribution < -0.4 is 0 Å². The molecule has 112 valence electrons. The Bertz CT molecular complexity index is 391. The Kier molecular flexibility index (Phi) is 5.11. The zero-order valence-corrected chi connectivity index (χ0v) is 12.0. The van der Waals surface area contributed by atoms with E-state index < -0.39 is 11.9 Å². The van der Waals surface area contributed by atoms with Gasteiger partial charge in [0.15, 0.2) is 5.78 Å². The second-order valence-corrected chi connectivity index (χ2v) is 5.47. The van der Waals surface area contributed by atoms with Gasteiger partial charge in [-0.15, -0.1) is 0 Å². The fourth-order valence-corrected chi connectivity index (χ4v) is 2.82. The molecule has 2 aliphatic rings. The average Bonchev–Trinajstić information content (AvgIpc) is 2.87. The van der Waals surface area contributed by atoms with Gasteiger partial charge in [0.05, 0.1) is 13.7 Å². The first-order valence-corrected chi connectivity index (χ1v) is 7.22. The predicted molar refractivity (Wildman–Crippen MR) is 72.0 cm³/mol. The molecule has 0 aromatic carbocycles. The molecule has 2 aliphatic heterocycles. The van der Waals surface area contributed by atoms with Gasteiger partial charge in [-0.1, -0.05) is 6.42 Å². The quantitative estimate of drug-likeness (QED) is 0.539. The van der Waals surface area contributed by atoms with Crippen LogP contribution in [0.1, 0.15) is 25.7 Å². The van der Waals surface area contributed by atoms with Gasteiger partial charge in [-0.2, -0.15) is 0 Å². The maximum Gasteiger partial charge on any atom is 0.318 e. The summed E-state index contributed by atoms with van der Waals surface area (Å²) in [6.07, 6.45) is 4.08. The first-order chi connectivity index (χ1) is 9.61. The van der Waals surface area contributed by atoms with Crippen LogP contribution in [0.3, 0.4) is 0 Å². The van der Waals surface area contributed by atoms with Crippen molar-refractivity contribution in [1.29, 1.82) is 0 Å². The monoisotopic (exact) mass is 282 g/mol. The van der Waals surface area contributed by atoms with Gasteiger partial charge in [0, 0.05) is 19.5 Å². The molecule has 0 spiro atoms. The molecule has 2 saturated heterocycles. The van der Waals surface area contributed by atoms with Gasteiger partial charge < -0.3 is 14.5 Å². The summed E-state index contributed by atoms with van der Waals surface area (Å²) < 4.78 is 4.58. The Balaban J connectivity index is 1.78. The molecule has 0 aromatic rings. The number of ether oxygens (including phenoxy) is 1. The summed E-state index contributed by atoms with van der Waals surface area (Å²) >= 11 is 0. The minimum atomic E-state index is -0.793. The summed E-state index contributed by atoms with van der Waals surface area (Å²) in [6.45, 7) is 3.06. The molecule has 2 fully saturated rings. The van der Waals surface area contributed by atoms with Crippen LogP contribution in [0, 0.1) is 5.92 Å². The molecule has 2 heterocycles. The Morgan fingerprint density at radius 1 is 1.25 bits per heavy atom. The largest absolute Gasteiger partial charge is 0.468 e. The van der Waals surface area contributed by atoms with E-state index in [0.717, 1.165) is 19.6 Å². The predicted octanol–water partition coefficient (Wildman–Crippen LogP) is 0.0629. The number of rotatable bonds is 4. The summed E-state index contributed by atoms with van der Waals surface area (Å²) in [5.74, 6) is -1.60. The molecule has 0 aliphatic carbocycles. The maximum atomic E-state index is 12.1. The molecule has 6 heteroatoms. The lowest BCUT2D eigenvalue weighted by atomic mass is 10.1. The van der Waals surface area contributed by atoms with Gasteiger partial charge >= 0.3 is 5.97 Å². The minimum absolute atomic E-state index is 0.0403. The number of nitrogens with zero attached hydrogens (tertiary/aromatic N) is 2. The number of piperidine rings is 1. The second-order valence-electron chi connectivity index (χ2n) is 5.47. The Labute approximate surface area is 119 Å². The topological polar surface area (TPSA) is 66.9 Å². The first kappa shape index (κ1) is 15.0. The van der Waals surface area contributed by atoms with Crippen LogP contribution >= 0.6 is 0 Å². The van der Waals surface area contributed by atoms with E-state index in [4.69, 9.17) is 0 Å². The summed E-state index contributed by atoms with van der Waals surface area (Å²) in [5, 5.41) is 0. The van der Waals surface area contributed by atoms with E-state index in [1.807, 2.05) is 0 Å². The number of esters is 1. The van der Waals surface area contributed by atoms with E-state index in [-0.39, 0.29) is 24.8 Å². The smallest absolute Gasteiger partial charge is 0.318 e. The van der Waals surface area contributed by atoms with Gasteiger partial charge in [-0.3, -0.25) is 14.4 Å². The highest BCUT2D eigenvalue weighted by atomic mass is 16.5. The first-order valence-electron chi connectivity index (χ1n) is 7.22. The van der Waals surface area contributed by atoms with Crippen molar-refractivity contribution in [3.63, 3.8) is 0 Å². The average molecular weight is 282 g/mol. The van der Waals surface area contributed by atoms with Crippen LogP contribution in [0.4, 0.5) is 0 Å². The number of Topliss-reactive ketones (excluding diaryl/α,β-unsaturated/α-hetero) is 1. The normalized spacial score (nSPS) is 23.9. The number of carbonyl (C=O) groups excluding carboxylic acids is 3. The lowest BCUT2D eigenvalue weighted by Gasteiger charge is -2.26. The van der Waals surface area contributed by atoms with Crippen molar-refractivity contribution in [3.8, 4) is 0 Å². The zero-order valence-electron chi connectivity index (χ0n) is 12.0. The van der Waals surface area contributed by atoms with Crippen molar-refractivity contribution in [3.05, 3.63) is 0 Å². The molecule has 1 unspecified atom stereocenters. The van der Waals surface area contributed by atoms with Crippen LogP contribution in [0.25, 0.3) is 0 Å². The van der Waals surface area contributed by atoms with E-state index in [9.17, 15) is 14.4 Å². The number of hydrogen-bond donors (Lipinski definition) is 0. The van der Waals surface area contributed by atoms with Gasteiger partial charge in [0.1, 0.15) is 5.92 Å². The van der Waals surface area contributed by atoms with Gasteiger partial charge in [0.25, 0.3) is 0 Å². The summed E-state index contributed by atoms with van der Waals surface area (Å²) in [7, 11) is 1.26. The Morgan fingerprint density at radius 3 is 2.60 bits per heavy atom. The summed E-state index contributed by atoms with van der Waals surface area (Å²) in [5.41, 5.74) is 0. The van der Waals surface area contributed by atoms with Crippen molar-refractivity contribution in [1.82, 2.24) is 9.80 Å². The number of hydrogen-bond acceptors (Lipinski definition) is 5. The number of ketones is 1. The molecule has 1 amide bonds. The highest BCUT2D eigenvalue weighted by Crippen LogP contribution is 2.16. The van der Waals surface area contributed by atoms with Crippen molar-refractivity contribution in [2.45, 2.75) is 25.7 Å². The van der Waals surface area contributed by atoms with Crippen LogP contribution in [-0.4, -0.2) is 67.3 Å². The van der Waals surface area contributed by atoms with Crippen LogP contribution in [0.5, 0.6) is 0 Å². The van der Waals surface area contributed by atoms with Crippen molar-refractivity contribution >= 4 is 17.7 Å². The number of likely N-dealkylation sites (tertiary alicyclic amines) is 2. The van der Waals surface area contributed by atoms with Gasteiger partial charge in [0.2, 0.25) is 5.91 Å². The van der Waals surface area contributed by atoms with Crippen LogP contribution in [0.15, 0.2) is 0 Å². The Hall–Kier alpha value is -1.43. The molecule has 6 nitrogen and oxygen atoms in total. The zero-order chi connectivity index (χ0) is 14.5. The lowest BCUT2D eigenvalue weighted by molar-refractivity contribution is -0.147. The third kappa shape index (κ3) is 3.56. The minimum Gasteiger partial charge on any atom is -0.468 e. The van der Waals surface area contributed by atoms with Crippen molar-refractivity contribution in [2.24, 2.45) is 5.92 Å². The van der Waals surface area contributed by atoms with E-state index in [1.54, 1.807) is 0 Å². The third-order valence-corrected chi connectivity index (χ3v) is 4.07. The van der Waals surface area contributed by atoms with E-state index in [2.05, 4.69) is 9.64 Å². The molecule has 2 rings (SSSR count). The van der Waals surface area contributed by atoms with Crippen LogP contribution in [-0.2, 0) is 19.1 Å². The molecule has 0 saturated carbocycles.